The summed E-state index contributed by atoms with van der Waals surface area (Å²) in [7, 11) is 0. The quantitative estimate of drug-likeness (QED) is 0.875. The van der Waals surface area contributed by atoms with Gasteiger partial charge in [0.25, 0.3) is 0 Å². The number of rotatable bonds is 5. The number of amides is 1. The van der Waals surface area contributed by atoms with Gasteiger partial charge >= 0.3 is 0 Å². The van der Waals surface area contributed by atoms with E-state index in [0.29, 0.717) is 45.3 Å². The molecule has 6 heteroatoms. The highest BCUT2D eigenvalue weighted by Crippen LogP contribution is 2.17. The molecule has 1 amide bonds. The summed E-state index contributed by atoms with van der Waals surface area (Å²) in [6, 6.07) is 2.12. The number of aliphatic hydroxyl groups is 1. The summed E-state index contributed by atoms with van der Waals surface area (Å²) in [6.45, 7) is 5.62. The van der Waals surface area contributed by atoms with Crippen molar-refractivity contribution in [1.82, 2.24) is 14.7 Å². The van der Waals surface area contributed by atoms with E-state index in [0.717, 1.165) is 17.0 Å². The molecule has 114 valence electrons. The Morgan fingerprint density at radius 2 is 2.29 bits per heavy atom. The van der Waals surface area contributed by atoms with Gasteiger partial charge in [0.1, 0.15) is 0 Å². The van der Waals surface area contributed by atoms with Crippen LogP contribution in [0.3, 0.4) is 0 Å². The van der Waals surface area contributed by atoms with E-state index in [4.69, 9.17) is 5.26 Å². The van der Waals surface area contributed by atoms with Gasteiger partial charge in [-0.3, -0.25) is 9.48 Å². The third-order valence-corrected chi connectivity index (χ3v) is 4.07. The maximum Gasteiger partial charge on any atom is 0.222 e. The molecule has 0 aromatic carbocycles. The van der Waals surface area contributed by atoms with E-state index in [1.54, 1.807) is 4.90 Å². The number of likely N-dealkylation sites (tertiary alicyclic amines) is 1. The molecule has 0 spiro atoms. The highest BCUT2D eigenvalue weighted by atomic mass is 16.3. The number of aliphatic hydroxyl groups excluding tert-OH is 1. The molecule has 1 aliphatic heterocycles. The number of aromatic nitrogens is 2. The van der Waals surface area contributed by atoms with Crippen LogP contribution in [-0.4, -0.2) is 44.9 Å². The van der Waals surface area contributed by atoms with Crippen LogP contribution in [0.2, 0.25) is 0 Å². The van der Waals surface area contributed by atoms with Crippen molar-refractivity contribution in [2.24, 2.45) is 0 Å². The fourth-order valence-corrected chi connectivity index (χ4v) is 2.83. The Kier molecular flexibility index (Phi) is 4.97. The Bertz CT molecular complexity index is 559. The number of nitrogens with zero attached hydrogens (tertiary/aromatic N) is 4. The summed E-state index contributed by atoms with van der Waals surface area (Å²) in [5, 5.41) is 22.6. The number of aryl methyl sites for hydroxylation is 2. The molecule has 2 rings (SSSR count). The lowest BCUT2D eigenvalue weighted by Gasteiger charge is -2.15. The van der Waals surface area contributed by atoms with Crippen LogP contribution in [0, 0.1) is 25.2 Å². The molecule has 0 bridgehead atoms. The Balaban J connectivity index is 1.95. The van der Waals surface area contributed by atoms with Gasteiger partial charge in [-0.05, 0) is 32.3 Å². The van der Waals surface area contributed by atoms with Gasteiger partial charge in [0.2, 0.25) is 5.91 Å². The van der Waals surface area contributed by atoms with Gasteiger partial charge in [0, 0.05) is 25.2 Å². The maximum absolute atomic E-state index is 12.1. The molecule has 0 aliphatic carbocycles. The molecule has 1 saturated heterocycles. The molecule has 1 aliphatic rings. The lowest BCUT2D eigenvalue weighted by atomic mass is 10.1. The highest BCUT2D eigenvalue weighted by molar-refractivity contribution is 5.76. The van der Waals surface area contributed by atoms with E-state index in [1.165, 1.54) is 0 Å². The van der Waals surface area contributed by atoms with Crippen LogP contribution < -0.4 is 0 Å². The molecule has 6 nitrogen and oxygen atoms in total. The average Bonchev–Trinajstić information content (AvgIpc) is 2.99. The van der Waals surface area contributed by atoms with E-state index in [2.05, 4.69) is 11.2 Å². The Labute approximate surface area is 125 Å². The molecule has 1 atom stereocenters. The number of hydrogen-bond acceptors (Lipinski definition) is 4. The molecule has 0 radical (unpaired) electrons. The van der Waals surface area contributed by atoms with Crippen molar-refractivity contribution in [1.29, 1.82) is 5.26 Å². The zero-order valence-corrected chi connectivity index (χ0v) is 12.7. The van der Waals surface area contributed by atoms with E-state index in [-0.39, 0.29) is 12.0 Å². The van der Waals surface area contributed by atoms with E-state index >= 15 is 0 Å². The minimum atomic E-state index is -0.369. The van der Waals surface area contributed by atoms with Crippen LogP contribution in [-0.2, 0) is 17.8 Å². The first-order chi connectivity index (χ1) is 10.0. The first-order valence-corrected chi connectivity index (χ1v) is 7.38. The number of hydrogen-bond donors (Lipinski definition) is 1. The lowest BCUT2D eigenvalue weighted by molar-refractivity contribution is -0.130. The van der Waals surface area contributed by atoms with Gasteiger partial charge in [-0.15, -0.1) is 0 Å². The molecule has 2 heterocycles. The van der Waals surface area contributed by atoms with Crippen LogP contribution in [0.5, 0.6) is 0 Å². The molecular weight excluding hydrogens is 268 g/mol. The number of carbonyl (C=O) groups is 1. The fourth-order valence-electron chi connectivity index (χ4n) is 2.83. The molecule has 1 aromatic rings. The standard InChI is InChI=1S/C15H22N4O2/c1-11-14(12(2)19(17-11)8-3-7-16)4-5-15(21)18-9-6-13(20)10-18/h13,20H,3-6,8-10H2,1-2H3/t13-/m1/s1. The number of carbonyl (C=O) groups excluding carboxylic acids is 1. The van der Waals surface area contributed by atoms with E-state index in [1.807, 2.05) is 18.5 Å². The third-order valence-electron chi connectivity index (χ3n) is 4.07. The second-order valence-electron chi connectivity index (χ2n) is 5.56. The van der Waals surface area contributed by atoms with Crippen molar-refractivity contribution >= 4 is 5.91 Å². The number of nitriles is 1. The minimum absolute atomic E-state index is 0.0927. The maximum atomic E-state index is 12.1. The second kappa shape index (κ2) is 6.72. The molecular formula is C15H22N4O2. The summed E-state index contributed by atoms with van der Waals surface area (Å²) in [4.78, 5) is 13.8. The van der Waals surface area contributed by atoms with Crippen LogP contribution in [0.4, 0.5) is 0 Å². The third kappa shape index (κ3) is 3.61. The molecule has 21 heavy (non-hydrogen) atoms. The monoisotopic (exact) mass is 290 g/mol. The summed E-state index contributed by atoms with van der Waals surface area (Å²) < 4.78 is 1.85. The van der Waals surface area contributed by atoms with Crippen molar-refractivity contribution in [2.45, 2.75) is 52.2 Å². The average molecular weight is 290 g/mol. The van der Waals surface area contributed by atoms with Crippen molar-refractivity contribution in [3.8, 4) is 6.07 Å². The van der Waals surface area contributed by atoms with Crippen molar-refractivity contribution < 1.29 is 9.90 Å². The predicted octanol–water partition coefficient (Wildman–Crippen LogP) is 0.939. The van der Waals surface area contributed by atoms with Crippen LogP contribution in [0.1, 0.15) is 36.2 Å². The van der Waals surface area contributed by atoms with Crippen LogP contribution >= 0.6 is 0 Å². The summed E-state index contributed by atoms with van der Waals surface area (Å²) in [5.41, 5.74) is 3.07. The second-order valence-corrected chi connectivity index (χ2v) is 5.56. The molecule has 0 unspecified atom stereocenters. The SMILES string of the molecule is Cc1nn(CCC#N)c(C)c1CCC(=O)N1CC[C@@H](O)C1. The first-order valence-electron chi connectivity index (χ1n) is 7.38. The van der Waals surface area contributed by atoms with Gasteiger partial charge in [0.05, 0.1) is 30.8 Å². The summed E-state index contributed by atoms with van der Waals surface area (Å²) >= 11 is 0. The van der Waals surface area contributed by atoms with Gasteiger partial charge in [-0.2, -0.15) is 10.4 Å². The van der Waals surface area contributed by atoms with Crippen molar-refractivity contribution in [3.05, 3.63) is 17.0 Å². The topological polar surface area (TPSA) is 82.2 Å². The lowest BCUT2D eigenvalue weighted by Crippen LogP contribution is -2.29. The van der Waals surface area contributed by atoms with E-state index < -0.39 is 0 Å². The van der Waals surface area contributed by atoms with Gasteiger partial charge < -0.3 is 10.0 Å². The van der Waals surface area contributed by atoms with Crippen molar-refractivity contribution in [3.63, 3.8) is 0 Å². The normalized spacial score (nSPS) is 18.0. The smallest absolute Gasteiger partial charge is 0.222 e. The summed E-state index contributed by atoms with van der Waals surface area (Å²) in [6.07, 6.45) is 1.85. The Morgan fingerprint density at radius 3 is 2.90 bits per heavy atom. The Morgan fingerprint density at radius 1 is 1.52 bits per heavy atom. The fraction of sp³-hybridized carbons (Fsp3) is 0.667. The van der Waals surface area contributed by atoms with Gasteiger partial charge in [0.15, 0.2) is 0 Å². The van der Waals surface area contributed by atoms with Gasteiger partial charge in [-0.1, -0.05) is 0 Å². The molecule has 0 saturated carbocycles. The zero-order chi connectivity index (χ0) is 15.4. The Hall–Kier alpha value is -1.87. The van der Waals surface area contributed by atoms with Crippen molar-refractivity contribution in [2.75, 3.05) is 13.1 Å². The minimum Gasteiger partial charge on any atom is -0.391 e. The summed E-state index contributed by atoms with van der Waals surface area (Å²) in [5.74, 6) is 0.0927. The number of β-amino-alcohol motifs (C(OH)–C–C–N with tert-alkyl or cyclic N) is 1. The van der Waals surface area contributed by atoms with E-state index in [9.17, 15) is 9.90 Å². The van der Waals surface area contributed by atoms with Crippen LogP contribution in [0.25, 0.3) is 0 Å². The predicted molar refractivity (Wildman–Crippen MR) is 77.5 cm³/mol. The first kappa shape index (κ1) is 15.5. The molecule has 1 aromatic heterocycles. The molecule has 1 N–H and O–H groups in total. The van der Waals surface area contributed by atoms with Gasteiger partial charge in [-0.25, -0.2) is 0 Å². The zero-order valence-electron chi connectivity index (χ0n) is 12.7. The molecule has 1 fully saturated rings. The largest absolute Gasteiger partial charge is 0.391 e. The highest BCUT2D eigenvalue weighted by Gasteiger charge is 2.24. The van der Waals surface area contributed by atoms with Crippen LogP contribution in [0.15, 0.2) is 0 Å².